The van der Waals surface area contributed by atoms with Crippen LogP contribution in [0.3, 0.4) is 0 Å². The second kappa shape index (κ2) is 9.16. The first kappa shape index (κ1) is 22.5. The summed E-state index contributed by atoms with van der Waals surface area (Å²) >= 11 is 1.20. The van der Waals surface area contributed by atoms with Gasteiger partial charge in [0.1, 0.15) is 5.75 Å². The molecule has 0 saturated carbocycles. The van der Waals surface area contributed by atoms with Crippen LogP contribution in [0, 0.1) is 20.2 Å². The topological polar surface area (TPSA) is 140 Å². The van der Waals surface area contributed by atoms with Crippen molar-refractivity contribution in [2.24, 2.45) is 0 Å². The van der Waals surface area contributed by atoms with Gasteiger partial charge in [0.2, 0.25) is 0 Å². The molecule has 0 saturated heterocycles. The van der Waals surface area contributed by atoms with Crippen LogP contribution < -0.4 is 10.3 Å². The number of para-hydroxylation sites is 1. The Morgan fingerprint density at radius 1 is 1.00 bits per heavy atom. The number of rotatable bonds is 6. The lowest BCUT2D eigenvalue weighted by molar-refractivity contribution is -0.385. The summed E-state index contributed by atoms with van der Waals surface area (Å²) in [5, 5.41) is 23.2. The molecule has 5 rings (SSSR count). The fraction of sp³-hybridized carbons (Fsp3) is 0.130. The normalized spacial score (nSPS) is 12.7. The van der Waals surface area contributed by atoms with Crippen LogP contribution in [0.1, 0.15) is 11.1 Å². The van der Waals surface area contributed by atoms with Crippen LogP contribution in [0.2, 0.25) is 0 Å². The zero-order valence-electron chi connectivity index (χ0n) is 17.9. The molecule has 0 spiro atoms. The van der Waals surface area contributed by atoms with Gasteiger partial charge < -0.3 is 9.47 Å². The number of aromatic nitrogens is 2. The van der Waals surface area contributed by atoms with Gasteiger partial charge >= 0.3 is 0 Å². The highest BCUT2D eigenvalue weighted by molar-refractivity contribution is 7.98. The van der Waals surface area contributed by atoms with Crippen molar-refractivity contribution < 1.29 is 19.3 Å². The Balaban J connectivity index is 1.60. The van der Waals surface area contributed by atoms with Crippen molar-refractivity contribution in [2.75, 3.05) is 6.79 Å². The summed E-state index contributed by atoms with van der Waals surface area (Å²) in [5.74, 6) is 0.737. The molecule has 0 bridgehead atoms. The SMILES string of the molecule is O=c1c2ccccc2nc(SCc2cc([N+](=O)[O-])cc3c2OCOC3)n1-c1ccc([N+](=O)[O-])cc1. The molecule has 11 nitrogen and oxygen atoms in total. The van der Waals surface area contributed by atoms with Crippen LogP contribution in [0.5, 0.6) is 5.75 Å². The van der Waals surface area contributed by atoms with Crippen LogP contribution in [-0.2, 0) is 17.1 Å². The second-order valence-electron chi connectivity index (χ2n) is 7.58. The highest BCUT2D eigenvalue weighted by atomic mass is 32.2. The Morgan fingerprint density at radius 3 is 2.49 bits per heavy atom. The van der Waals surface area contributed by atoms with E-state index >= 15 is 0 Å². The Bertz CT molecular complexity index is 1540. The number of fused-ring (bicyclic) bond motifs is 2. The zero-order chi connectivity index (χ0) is 24.5. The van der Waals surface area contributed by atoms with Crippen LogP contribution in [0.4, 0.5) is 11.4 Å². The van der Waals surface area contributed by atoms with Gasteiger partial charge in [-0.1, -0.05) is 23.9 Å². The van der Waals surface area contributed by atoms with Crippen molar-refractivity contribution >= 4 is 34.0 Å². The number of hydrogen-bond donors (Lipinski definition) is 0. The van der Waals surface area contributed by atoms with E-state index in [0.717, 1.165) is 0 Å². The minimum absolute atomic E-state index is 0.0319. The fourth-order valence-electron chi connectivity index (χ4n) is 3.80. The standard InChI is InChI=1S/C23H16N4O7S/c28-22-19-3-1-2-4-20(19)24-23(25(22)16-5-7-17(8-6-16)26(29)30)35-12-15-10-18(27(31)32)9-14-11-33-13-34-21(14)15/h1-10H,11-13H2. The third-order valence-electron chi connectivity index (χ3n) is 5.40. The Morgan fingerprint density at radius 2 is 1.74 bits per heavy atom. The Labute approximate surface area is 201 Å². The van der Waals surface area contributed by atoms with E-state index in [4.69, 9.17) is 9.47 Å². The summed E-state index contributed by atoms with van der Waals surface area (Å²) in [6.07, 6.45) is 0. The van der Waals surface area contributed by atoms with Crippen LogP contribution in [0.25, 0.3) is 16.6 Å². The predicted octanol–water partition coefficient (Wildman–Crippen LogP) is 4.36. The molecule has 12 heteroatoms. The maximum Gasteiger partial charge on any atom is 0.270 e. The molecule has 0 amide bonds. The van der Waals surface area contributed by atoms with Gasteiger partial charge in [0.25, 0.3) is 16.9 Å². The third kappa shape index (κ3) is 4.32. The molecule has 0 aliphatic carbocycles. The number of nitro benzene ring substituents is 2. The minimum atomic E-state index is -0.518. The third-order valence-corrected chi connectivity index (χ3v) is 6.39. The maximum absolute atomic E-state index is 13.4. The summed E-state index contributed by atoms with van der Waals surface area (Å²) in [5.41, 5.74) is 1.51. The number of ether oxygens (including phenoxy) is 2. The first-order chi connectivity index (χ1) is 16.9. The number of benzene rings is 3. The second-order valence-corrected chi connectivity index (χ2v) is 8.52. The molecule has 3 aromatic carbocycles. The van der Waals surface area contributed by atoms with Gasteiger partial charge in [0, 0.05) is 41.1 Å². The molecule has 0 atom stereocenters. The van der Waals surface area contributed by atoms with Crippen molar-refractivity contribution in [3.05, 3.63) is 102 Å². The van der Waals surface area contributed by atoms with Crippen molar-refractivity contribution in [1.82, 2.24) is 9.55 Å². The summed E-state index contributed by atoms with van der Waals surface area (Å²) in [7, 11) is 0. The number of thioether (sulfide) groups is 1. The molecule has 0 N–H and O–H groups in total. The fourth-order valence-corrected chi connectivity index (χ4v) is 4.78. The lowest BCUT2D eigenvalue weighted by atomic mass is 10.1. The van der Waals surface area contributed by atoms with Crippen LogP contribution in [-0.4, -0.2) is 26.2 Å². The largest absolute Gasteiger partial charge is 0.467 e. The summed E-state index contributed by atoms with van der Waals surface area (Å²) < 4.78 is 12.2. The van der Waals surface area contributed by atoms with E-state index < -0.39 is 9.85 Å². The highest BCUT2D eigenvalue weighted by Crippen LogP contribution is 2.36. The van der Waals surface area contributed by atoms with Crippen molar-refractivity contribution in [1.29, 1.82) is 0 Å². The van der Waals surface area contributed by atoms with E-state index in [1.54, 1.807) is 24.3 Å². The van der Waals surface area contributed by atoms with Gasteiger partial charge in [0.15, 0.2) is 11.9 Å². The molecule has 1 aliphatic heterocycles. The van der Waals surface area contributed by atoms with Gasteiger partial charge in [0.05, 0.1) is 33.0 Å². The summed E-state index contributed by atoms with van der Waals surface area (Å²) in [4.78, 5) is 39.5. The van der Waals surface area contributed by atoms with Crippen molar-refractivity contribution in [3.8, 4) is 11.4 Å². The smallest absolute Gasteiger partial charge is 0.270 e. The van der Waals surface area contributed by atoms with E-state index in [1.165, 1.54) is 52.7 Å². The van der Waals surface area contributed by atoms with E-state index in [2.05, 4.69) is 4.98 Å². The van der Waals surface area contributed by atoms with Crippen molar-refractivity contribution in [3.63, 3.8) is 0 Å². The first-order valence-corrected chi connectivity index (χ1v) is 11.3. The molecule has 176 valence electrons. The van der Waals surface area contributed by atoms with E-state index in [-0.39, 0.29) is 36.1 Å². The quantitative estimate of drug-likeness (QED) is 0.166. The molecule has 1 aliphatic rings. The molecule has 4 aromatic rings. The lowest BCUT2D eigenvalue weighted by Crippen LogP contribution is -2.21. The molecule has 2 heterocycles. The average Bonchev–Trinajstić information content (AvgIpc) is 2.87. The number of non-ortho nitro benzene ring substituents is 2. The van der Waals surface area contributed by atoms with Crippen LogP contribution in [0.15, 0.2) is 70.6 Å². The maximum atomic E-state index is 13.4. The molecular weight excluding hydrogens is 476 g/mol. The minimum Gasteiger partial charge on any atom is -0.467 e. The molecule has 35 heavy (non-hydrogen) atoms. The van der Waals surface area contributed by atoms with E-state index in [1.807, 2.05) is 0 Å². The number of nitro groups is 2. The van der Waals surface area contributed by atoms with Crippen LogP contribution >= 0.6 is 11.8 Å². The first-order valence-electron chi connectivity index (χ1n) is 10.3. The predicted molar refractivity (Wildman–Crippen MR) is 127 cm³/mol. The van der Waals surface area contributed by atoms with Gasteiger partial charge in [-0.2, -0.15) is 0 Å². The molecule has 0 radical (unpaired) electrons. The van der Waals surface area contributed by atoms with Gasteiger partial charge in [-0.25, -0.2) is 4.98 Å². The molecule has 0 unspecified atom stereocenters. The number of nitrogens with zero attached hydrogens (tertiary/aromatic N) is 4. The van der Waals surface area contributed by atoms with Crippen molar-refractivity contribution in [2.45, 2.75) is 17.5 Å². The number of hydrogen-bond acceptors (Lipinski definition) is 9. The summed E-state index contributed by atoms with van der Waals surface area (Å²) in [6, 6.07) is 15.3. The molecule has 0 fully saturated rings. The van der Waals surface area contributed by atoms with Gasteiger partial charge in [-0.3, -0.25) is 29.6 Å². The molecule has 1 aromatic heterocycles. The van der Waals surface area contributed by atoms with E-state index in [9.17, 15) is 25.0 Å². The zero-order valence-corrected chi connectivity index (χ0v) is 18.8. The molecular formula is C23H16N4O7S. The average molecular weight is 492 g/mol. The highest BCUT2D eigenvalue weighted by Gasteiger charge is 2.22. The lowest BCUT2D eigenvalue weighted by Gasteiger charge is -2.20. The van der Waals surface area contributed by atoms with Gasteiger partial charge in [-0.05, 0) is 24.3 Å². The van der Waals surface area contributed by atoms with E-state index in [0.29, 0.717) is 38.6 Å². The summed E-state index contributed by atoms with van der Waals surface area (Å²) in [6.45, 7) is 0.223. The Hall–Kier alpha value is -4.29. The Kier molecular flexibility index (Phi) is 5.89. The van der Waals surface area contributed by atoms with Gasteiger partial charge in [-0.15, -0.1) is 0 Å². The monoisotopic (exact) mass is 492 g/mol.